The van der Waals surface area contributed by atoms with Crippen LogP contribution in [-0.4, -0.2) is 35.2 Å². The molecule has 0 saturated carbocycles. The van der Waals surface area contributed by atoms with E-state index >= 15 is 0 Å². The highest BCUT2D eigenvalue weighted by atomic mass is 16.5. The minimum absolute atomic E-state index is 0.281. The van der Waals surface area contributed by atoms with Gasteiger partial charge in [0, 0.05) is 7.05 Å². The van der Waals surface area contributed by atoms with Gasteiger partial charge in [-0.05, 0) is 13.3 Å². The minimum Gasteiger partial charge on any atom is -0.464 e. The smallest absolute Gasteiger partial charge is 0.324 e. The van der Waals surface area contributed by atoms with Crippen molar-refractivity contribution in [2.75, 3.05) is 25.6 Å². The molecule has 15 heavy (non-hydrogen) atoms. The molecule has 6 heteroatoms. The fourth-order valence-electron chi connectivity index (χ4n) is 0.901. The van der Waals surface area contributed by atoms with E-state index in [9.17, 15) is 0 Å². The largest absolute Gasteiger partial charge is 0.464 e. The standard InChI is InChI=1S/C9H16N4O2/c1-4-6-15-9-12-7(10-3)11-8(13-9)14-5-2/h4-6H2,1-3H3,(H,10,11,12,13). The van der Waals surface area contributed by atoms with Crippen molar-refractivity contribution in [2.45, 2.75) is 20.3 Å². The SMILES string of the molecule is CCCOc1nc(NC)nc(OCC)n1. The third kappa shape index (κ3) is 3.57. The van der Waals surface area contributed by atoms with E-state index in [-0.39, 0.29) is 6.01 Å². The minimum atomic E-state index is 0.281. The first kappa shape index (κ1) is 11.5. The molecule has 1 N–H and O–H groups in total. The van der Waals surface area contributed by atoms with Gasteiger partial charge < -0.3 is 14.8 Å². The van der Waals surface area contributed by atoms with E-state index in [1.54, 1.807) is 7.05 Å². The Balaban J connectivity index is 2.79. The van der Waals surface area contributed by atoms with Crippen LogP contribution in [0.5, 0.6) is 12.0 Å². The van der Waals surface area contributed by atoms with Gasteiger partial charge in [0.15, 0.2) is 0 Å². The van der Waals surface area contributed by atoms with Crippen molar-refractivity contribution in [1.29, 1.82) is 0 Å². The number of hydrogen-bond acceptors (Lipinski definition) is 6. The summed E-state index contributed by atoms with van der Waals surface area (Å²) >= 11 is 0. The van der Waals surface area contributed by atoms with Gasteiger partial charge in [-0.3, -0.25) is 0 Å². The zero-order valence-corrected chi connectivity index (χ0v) is 9.28. The molecule has 0 atom stereocenters. The zero-order valence-electron chi connectivity index (χ0n) is 9.28. The van der Waals surface area contributed by atoms with E-state index in [4.69, 9.17) is 9.47 Å². The Labute approximate surface area is 89.1 Å². The summed E-state index contributed by atoms with van der Waals surface area (Å²) in [7, 11) is 1.73. The van der Waals surface area contributed by atoms with Crippen LogP contribution in [-0.2, 0) is 0 Å². The molecule has 1 heterocycles. The Bertz CT molecular complexity index is 306. The second-order valence-corrected chi connectivity index (χ2v) is 2.76. The van der Waals surface area contributed by atoms with E-state index < -0.39 is 0 Å². The fraction of sp³-hybridized carbons (Fsp3) is 0.667. The summed E-state index contributed by atoms with van der Waals surface area (Å²) in [6.45, 7) is 4.98. The second kappa shape index (κ2) is 6.00. The van der Waals surface area contributed by atoms with Crippen LogP contribution in [0, 0.1) is 0 Å². The van der Waals surface area contributed by atoms with Crippen LogP contribution < -0.4 is 14.8 Å². The molecule has 0 unspecified atom stereocenters. The maximum absolute atomic E-state index is 5.30. The van der Waals surface area contributed by atoms with Crippen LogP contribution >= 0.6 is 0 Å². The van der Waals surface area contributed by atoms with Crippen molar-refractivity contribution in [1.82, 2.24) is 15.0 Å². The quantitative estimate of drug-likeness (QED) is 0.761. The number of rotatable bonds is 6. The molecule has 0 saturated heterocycles. The monoisotopic (exact) mass is 212 g/mol. The van der Waals surface area contributed by atoms with Crippen molar-refractivity contribution in [2.24, 2.45) is 0 Å². The average Bonchev–Trinajstić information content (AvgIpc) is 2.26. The van der Waals surface area contributed by atoms with Crippen LogP contribution in [0.1, 0.15) is 20.3 Å². The normalized spacial score (nSPS) is 9.80. The molecule has 0 aliphatic rings. The van der Waals surface area contributed by atoms with Crippen LogP contribution in [0.15, 0.2) is 0 Å². The average molecular weight is 212 g/mol. The maximum atomic E-state index is 5.30. The van der Waals surface area contributed by atoms with Gasteiger partial charge in [0.05, 0.1) is 13.2 Å². The number of nitrogens with zero attached hydrogens (tertiary/aromatic N) is 3. The number of nitrogens with one attached hydrogen (secondary N) is 1. The summed E-state index contributed by atoms with van der Waals surface area (Å²) in [5, 5.41) is 2.82. The molecular weight excluding hydrogens is 196 g/mol. The highest BCUT2D eigenvalue weighted by Gasteiger charge is 2.06. The first-order valence-electron chi connectivity index (χ1n) is 4.99. The van der Waals surface area contributed by atoms with Crippen LogP contribution in [0.2, 0.25) is 0 Å². The van der Waals surface area contributed by atoms with Crippen molar-refractivity contribution < 1.29 is 9.47 Å². The molecule has 0 amide bonds. The van der Waals surface area contributed by atoms with Crippen LogP contribution in [0.3, 0.4) is 0 Å². The predicted octanol–water partition coefficient (Wildman–Crippen LogP) is 1.10. The van der Waals surface area contributed by atoms with Gasteiger partial charge in [0.25, 0.3) is 0 Å². The summed E-state index contributed by atoms with van der Waals surface area (Å²) in [6, 6.07) is 0.572. The zero-order chi connectivity index (χ0) is 11.1. The Morgan fingerprint density at radius 3 is 2.27 bits per heavy atom. The Hall–Kier alpha value is -1.59. The van der Waals surface area contributed by atoms with Gasteiger partial charge >= 0.3 is 12.0 Å². The van der Waals surface area contributed by atoms with Gasteiger partial charge in [0.1, 0.15) is 0 Å². The first-order chi connectivity index (χ1) is 7.30. The van der Waals surface area contributed by atoms with Gasteiger partial charge in [-0.1, -0.05) is 6.92 Å². The molecule has 0 bridgehead atoms. The van der Waals surface area contributed by atoms with Crippen molar-refractivity contribution in [3.63, 3.8) is 0 Å². The lowest BCUT2D eigenvalue weighted by molar-refractivity contribution is 0.270. The van der Waals surface area contributed by atoms with Crippen LogP contribution in [0.25, 0.3) is 0 Å². The molecule has 1 aromatic rings. The lowest BCUT2D eigenvalue weighted by atomic mass is 10.5. The van der Waals surface area contributed by atoms with E-state index in [1.165, 1.54) is 0 Å². The topological polar surface area (TPSA) is 69.2 Å². The Morgan fingerprint density at radius 2 is 1.73 bits per heavy atom. The summed E-state index contributed by atoms with van der Waals surface area (Å²) in [4.78, 5) is 12.1. The molecule has 0 aliphatic heterocycles. The number of hydrogen-bond donors (Lipinski definition) is 1. The molecule has 6 nitrogen and oxygen atoms in total. The third-order valence-corrected chi connectivity index (χ3v) is 1.53. The van der Waals surface area contributed by atoms with Crippen molar-refractivity contribution >= 4 is 5.95 Å². The molecule has 1 rings (SSSR count). The third-order valence-electron chi connectivity index (χ3n) is 1.53. The maximum Gasteiger partial charge on any atom is 0.324 e. The van der Waals surface area contributed by atoms with E-state index in [2.05, 4.69) is 20.3 Å². The summed E-state index contributed by atoms with van der Waals surface area (Å²) < 4.78 is 10.5. The fourth-order valence-corrected chi connectivity index (χ4v) is 0.901. The number of anilines is 1. The molecule has 84 valence electrons. The molecule has 0 fully saturated rings. The number of aromatic nitrogens is 3. The molecular formula is C9H16N4O2. The highest BCUT2D eigenvalue weighted by Crippen LogP contribution is 2.12. The molecule has 0 aliphatic carbocycles. The Kier molecular flexibility index (Phi) is 4.59. The molecule has 1 aromatic heterocycles. The second-order valence-electron chi connectivity index (χ2n) is 2.76. The van der Waals surface area contributed by atoms with Gasteiger partial charge in [-0.25, -0.2) is 0 Å². The lowest BCUT2D eigenvalue weighted by Gasteiger charge is -2.06. The van der Waals surface area contributed by atoms with Crippen LogP contribution in [0.4, 0.5) is 5.95 Å². The van der Waals surface area contributed by atoms with Gasteiger partial charge in [0.2, 0.25) is 5.95 Å². The summed E-state index contributed by atoms with van der Waals surface area (Å²) in [5.74, 6) is 0.444. The molecule has 0 aromatic carbocycles. The molecule has 0 radical (unpaired) electrons. The van der Waals surface area contributed by atoms with Crippen molar-refractivity contribution in [3.05, 3.63) is 0 Å². The lowest BCUT2D eigenvalue weighted by Crippen LogP contribution is -2.07. The first-order valence-corrected chi connectivity index (χ1v) is 4.99. The summed E-state index contributed by atoms with van der Waals surface area (Å²) in [5.41, 5.74) is 0. The highest BCUT2D eigenvalue weighted by molar-refractivity contribution is 5.26. The van der Waals surface area contributed by atoms with E-state index in [1.807, 2.05) is 13.8 Å². The van der Waals surface area contributed by atoms with Crippen molar-refractivity contribution in [3.8, 4) is 12.0 Å². The number of ether oxygens (including phenoxy) is 2. The predicted molar refractivity (Wildman–Crippen MR) is 56.3 cm³/mol. The van der Waals surface area contributed by atoms with Gasteiger partial charge in [-0.2, -0.15) is 9.97 Å². The summed E-state index contributed by atoms with van der Waals surface area (Å²) in [6.07, 6.45) is 0.907. The Morgan fingerprint density at radius 1 is 1.07 bits per heavy atom. The van der Waals surface area contributed by atoms with E-state index in [0.717, 1.165) is 6.42 Å². The van der Waals surface area contributed by atoms with Gasteiger partial charge in [-0.15, -0.1) is 4.98 Å². The van der Waals surface area contributed by atoms with E-state index in [0.29, 0.717) is 25.2 Å². The molecule has 0 spiro atoms.